The molecule has 2 amide bonds. The van der Waals surface area contributed by atoms with E-state index in [4.69, 9.17) is 9.47 Å². The highest BCUT2D eigenvalue weighted by Crippen LogP contribution is 2.32. The second-order valence-electron chi connectivity index (χ2n) is 8.19. The van der Waals surface area contributed by atoms with Crippen LogP contribution in [0.1, 0.15) is 32.6 Å². The van der Waals surface area contributed by atoms with Gasteiger partial charge in [0.15, 0.2) is 11.5 Å². The summed E-state index contributed by atoms with van der Waals surface area (Å²) in [5, 5.41) is 2.85. The molecule has 0 aromatic heterocycles. The fraction of sp³-hybridized carbons (Fsp3) is 0.636. The molecule has 0 unspecified atom stereocenters. The van der Waals surface area contributed by atoms with Crippen molar-refractivity contribution in [3.8, 4) is 11.5 Å². The van der Waals surface area contributed by atoms with Crippen LogP contribution in [0.5, 0.6) is 11.5 Å². The van der Waals surface area contributed by atoms with Crippen LogP contribution in [0.4, 0.5) is 0 Å². The summed E-state index contributed by atoms with van der Waals surface area (Å²) in [5.74, 6) is 0.734. The number of nitrogens with one attached hydrogen (secondary N) is 1. The maximum absolute atomic E-state index is 13.1. The van der Waals surface area contributed by atoms with Crippen LogP contribution in [0.3, 0.4) is 0 Å². The largest absolute Gasteiger partial charge is 0.493 e. The quantitative estimate of drug-likeness (QED) is 0.651. The van der Waals surface area contributed by atoms with Crippen molar-refractivity contribution in [1.29, 1.82) is 0 Å². The lowest BCUT2D eigenvalue weighted by atomic mass is 9.92. The summed E-state index contributed by atoms with van der Waals surface area (Å²) in [6.07, 6.45) is 2.32. The van der Waals surface area contributed by atoms with Crippen LogP contribution in [0, 0.1) is 11.8 Å². The Morgan fingerprint density at radius 2 is 1.56 bits per heavy atom. The third-order valence-corrected chi connectivity index (χ3v) is 8.22. The number of benzene rings is 1. The van der Waals surface area contributed by atoms with Gasteiger partial charge in [-0.2, -0.15) is 4.31 Å². The molecule has 0 atom stereocenters. The van der Waals surface area contributed by atoms with Gasteiger partial charge in [0.05, 0.1) is 19.1 Å². The number of carbonyl (C=O) groups is 2. The van der Waals surface area contributed by atoms with E-state index in [2.05, 4.69) is 5.32 Å². The van der Waals surface area contributed by atoms with Gasteiger partial charge in [0.25, 0.3) is 0 Å². The zero-order valence-corrected chi connectivity index (χ0v) is 19.8. The predicted molar refractivity (Wildman–Crippen MR) is 119 cm³/mol. The predicted octanol–water partition coefficient (Wildman–Crippen LogP) is 1.48. The van der Waals surface area contributed by atoms with E-state index in [1.165, 1.54) is 30.7 Å². The summed E-state index contributed by atoms with van der Waals surface area (Å²) in [4.78, 5) is 26.9. The number of amides is 2. The minimum atomic E-state index is -3.69. The lowest BCUT2D eigenvalue weighted by molar-refractivity contribution is -0.140. The van der Waals surface area contributed by atoms with Gasteiger partial charge in [-0.25, -0.2) is 8.42 Å². The van der Waals surface area contributed by atoms with Crippen LogP contribution in [-0.4, -0.2) is 76.4 Å². The van der Waals surface area contributed by atoms with Crippen LogP contribution >= 0.6 is 0 Å². The van der Waals surface area contributed by atoms with Gasteiger partial charge < -0.3 is 19.7 Å². The van der Waals surface area contributed by atoms with E-state index in [1.807, 2.05) is 11.8 Å². The first-order valence-corrected chi connectivity index (χ1v) is 12.5. The van der Waals surface area contributed by atoms with Gasteiger partial charge in [-0.1, -0.05) is 0 Å². The molecule has 1 aromatic carbocycles. The van der Waals surface area contributed by atoms with Crippen molar-refractivity contribution in [2.75, 3.05) is 46.9 Å². The van der Waals surface area contributed by atoms with Crippen molar-refractivity contribution in [1.82, 2.24) is 14.5 Å². The standard InChI is InChI=1S/C22H33N3O6S/c1-4-23-21(26)16-7-11-24(12-8-16)22(27)17-9-13-25(14-10-17)32(28,29)18-5-6-19(30-2)20(15-18)31-3/h5-6,15-17H,4,7-14H2,1-3H3,(H,23,26). The second-order valence-corrected chi connectivity index (χ2v) is 10.1. The van der Waals surface area contributed by atoms with E-state index in [0.717, 1.165) is 0 Å². The first-order valence-electron chi connectivity index (χ1n) is 11.1. The Labute approximate surface area is 190 Å². The molecule has 0 spiro atoms. The molecule has 3 rings (SSSR count). The maximum Gasteiger partial charge on any atom is 0.243 e. The number of hydrogen-bond acceptors (Lipinski definition) is 6. The van der Waals surface area contributed by atoms with Crippen molar-refractivity contribution < 1.29 is 27.5 Å². The molecular formula is C22H33N3O6S. The van der Waals surface area contributed by atoms with Crippen LogP contribution in [0.25, 0.3) is 0 Å². The summed E-state index contributed by atoms with van der Waals surface area (Å²) >= 11 is 0. The Hall–Kier alpha value is -2.33. The summed E-state index contributed by atoms with van der Waals surface area (Å²) in [7, 11) is -0.729. The minimum absolute atomic E-state index is 0.0347. The molecule has 1 aromatic rings. The third-order valence-electron chi connectivity index (χ3n) is 6.32. The molecule has 0 saturated carbocycles. The summed E-state index contributed by atoms with van der Waals surface area (Å²) in [6.45, 7) is 4.25. The number of methoxy groups -OCH3 is 2. The van der Waals surface area contributed by atoms with Crippen molar-refractivity contribution >= 4 is 21.8 Å². The molecule has 10 heteroatoms. The van der Waals surface area contributed by atoms with Gasteiger partial charge in [-0.05, 0) is 44.7 Å². The van der Waals surface area contributed by atoms with Gasteiger partial charge in [0.2, 0.25) is 21.8 Å². The van der Waals surface area contributed by atoms with E-state index in [0.29, 0.717) is 69.9 Å². The monoisotopic (exact) mass is 467 g/mol. The van der Waals surface area contributed by atoms with Crippen molar-refractivity contribution in [3.63, 3.8) is 0 Å². The first kappa shape index (κ1) is 24.3. The Morgan fingerprint density at radius 1 is 0.969 bits per heavy atom. The van der Waals surface area contributed by atoms with E-state index in [9.17, 15) is 18.0 Å². The molecule has 2 aliphatic heterocycles. The summed E-state index contributed by atoms with van der Waals surface area (Å²) in [5.41, 5.74) is 0. The molecule has 2 fully saturated rings. The molecular weight excluding hydrogens is 434 g/mol. The van der Waals surface area contributed by atoms with Gasteiger partial charge >= 0.3 is 0 Å². The fourth-order valence-corrected chi connectivity index (χ4v) is 5.89. The number of rotatable bonds is 7. The van der Waals surface area contributed by atoms with E-state index >= 15 is 0 Å². The number of sulfonamides is 1. The fourth-order valence-electron chi connectivity index (χ4n) is 4.41. The Bertz CT molecular complexity index is 920. The lowest BCUT2D eigenvalue weighted by Gasteiger charge is -2.36. The zero-order valence-electron chi connectivity index (χ0n) is 19.0. The number of ether oxygens (including phenoxy) is 2. The average Bonchev–Trinajstić information content (AvgIpc) is 2.83. The average molecular weight is 468 g/mol. The van der Waals surface area contributed by atoms with E-state index < -0.39 is 10.0 Å². The normalized spacial score (nSPS) is 18.9. The Kier molecular flexibility index (Phi) is 8.00. The molecule has 2 heterocycles. The molecule has 178 valence electrons. The van der Waals surface area contributed by atoms with E-state index in [-0.39, 0.29) is 28.5 Å². The number of likely N-dealkylation sites (tertiary alicyclic amines) is 1. The topological polar surface area (TPSA) is 105 Å². The maximum atomic E-state index is 13.1. The Morgan fingerprint density at radius 3 is 2.12 bits per heavy atom. The highest BCUT2D eigenvalue weighted by molar-refractivity contribution is 7.89. The number of piperidine rings is 2. The molecule has 1 N–H and O–H groups in total. The summed E-state index contributed by atoms with van der Waals surface area (Å²) in [6, 6.07) is 4.55. The van der Waals surface area contributed by atoms with Crippen LogP contribution in [0.15, 0.2) is 23.1 Å². The smallest absolute Gasteiger partial charge is 0.243 e. The second kappa shape index (κ2) is 10.5. The van der Waals surface area contributed by atoms with Gasteiger partial charge in [-0.3, -0.25) is 9.59 Å². The number of carbonyl (C=O) groups excluding carboxylic acids is 2. The highest BCUT2D eigenvalue weighted by atomic mass is 32.2. The Balaban J connectivity index is 1.57. The molecule has 2 saturated heterocycles. The number of hydrogen-bond donors (Lipinski definition) is 1. The van der Waals surface area contributed by atoms with Gasteiger partial charge in [0.1, 0.15) is 0 Å². The molecule has 32 heavy (non-hydrogen) atoms. The number of nitrogens with zero attached hydrogens (tertiary/aromatic N) is 2. The highest BCUT2D eigenvalue weighted by Gasteiger charge is 2.35. The molecule has 9 nitrogen and oxygen atoms in total. The lowest BCUT2D eigenvalue weighted by Crippen LogP contribution is -2.48. The molecule has 0 radical (unpaired) electrons. The van der Waals surface area contributed by atoms with Crippen LogP contribution in [0.2, 0.25) is 0 Å². The van der Waals surface area contributed by atoms with Gasteiger partial charge in [0, 0.05) is 50.6 Å². The zero-order chi connectivity index (χ0) is 23.3. The first-order chi connectivity index (χ1) is 15.3. The summed E-state index contributed by atoms with van der Waals surface area (Å²) < 4.78 is 38.0. The minimum Gasteiger partial charge on any atom is -0.493 e. The van der Waals surface area contributed by atoms with Crippen LogP contribution in [-0.2, 0) is 19.6 Å². The van der Waals surface area contributed by atoms with Crippen LogP contribution < -0.4 is 14.8 Å². The SMILES string of the molecule is CCNC(=O)C1CCN(C(=O)C2CCN(S(=O)(=O)c3ccc(OC)c(OC)c3)CC2)CC1. The van der Waals surface area contributed by atoms with E-state index in [1.54, 1.807) is 6.07 Å². The molecule has 2 aliphatic rings. The van der Waals surface area contributed by atoms with Crippen molar-refractivity contribution in [2.24, 2.45) is 11.8 Å². The molecule has 0 aliphatic carbocycles. The molecule has 0 bridgehead atoms. The van der Waals surface area contributed by atoms with Crippen molar-refractivity contribution in [3.05, 3.63) is 18.2 Å². The van der Waals surface area contributed by atoms with Crippen molar-refractivity contribution in [2.45, 2.75) is 37.5 Å². The van der Waals surface area contributed by atoms with Gasteiger partial charge in [-0.15, -0.1) is 0 Å². The third kappa shape index (κ3) is 5.17.